The number of halogens is 2. The number of aromatic nitrogens is 2. The molecule has 1 aromatic heterocycles. The van der Waals surface area contributed by atoms with Crippen molar-refractivity contribution in [2.24, 2.45) is 5.92 Å². The van der Waals surface area contributed by atoms with Gasteiger partial charge in [0.1, 0.15) is 29.7 Å². The highest BCUT2D eigenvalue weighted by atomic mass is 19.3. The Morgan fingerprint density at radius 2 is 2.03 bits per heavy atom. The molecule has 29 heavy (non-hydrogen) atoms. The lowest BCUT2D eigenvalue weighted by Gasteiger charge is -2.18. The maximum Gasteiger partial charge on any atom is 0.272 e. The van der Waals surface area contributed by atoms with Gasteiger partial charge in [-0.3, -0.25) is 9.59 Å². The lowest BCUT2D eigenvalue weighted by Crippen LogP contribution is -2.28. The van der Waals surface area contributed by atoms with Gasteiger partial charge < -0.3 is 10.1 Å². The number of alkyl halides is 2. The van der Waals surface area contributed by atoms with E-state index >= 15 is 0 Å². The van der Waals surface area contributed by atoms with E-state index in [-0.39, 0.29) is 23.8 Å². The molecule has 6 nitrogen and oxygen atoms in total. The maximum atomic E-state index is 12.6. The highest BCUT2D eigenvalue weighted by Gasteiger charge is 2.30. The van der Waals surface area contributed by atoms with Gasteiger partial charge in [0.25, 0.3) is 12.3 Å². The fraction of sp³-hybridized carbons (Fsp3) is 0.429. The Hall–Kier alpha value is -2.90. The van der Waals surface area contributed by atoms with Crippen molar-refractivity contribution < 1.29 is 23.1 Å². The lowest BCUT2D eigenvalue weighted by atomic mass is 10.0. The molecule has 1 aromatic carbocycles. The monoisotopic (exact) mass is 403 g/mol. The summed E-state index contributed by atoms with van der Waals surface area (Å²) >= 11 is 0. The molecule has 1 aliphatic carbocycles. The van der Waals surface area contributed by atoms with Crippen LogP contribution in [-0.2, 0) is 11.2 Å². The van der Waals surface area contributed by atoms with Gasteiger partial charge in [0.05, 0.1) is 12.5 Å². The van der Waals surface area contributed by atoms with Crippen molar-refractivity contribution in [1.29, 1.82) is 0 Å². The molecule has 0 saturated heterocycles. The van der Waals surface area contributed by atoms with Crippen LogP contribution in [0.15, 0.2) is 30.5 Å². The average Bonchev–Trinajstić information content (AvgIpc) is 3.52. The second-order valence-corrected chi connectivity index (χ2v) is 7.19. The molecule has 8 heteroatoms. The molecular weight excluding hydrogens is 380 g/mol. The second-order valence-electron chi connectivity index (χ2n) is 7.19. The van der Waals surface area contributed by atoms with Crippen LogP contribution >= 0.6 is 0 Å². The molecule has 1 N–H and O–H groups in total. The number of Topliss-reactive ketones (excluding diaryl/α,β-unsaturated/α-hetero) is 1. The number of rotatable bonds is 9. The van der Waals surface area contributed by atoms with Crippen LogP contribution in [0.2, 0.25) is 0 Å². The zero-order valence-electron chi connectivity index (χ0n) is 16.3. The molecule has 3 rings (SSSR count). The van der Waals surface area contributed by atoms with Crippen LogP contribution in [0, 0.1) is 12.8 Å². The fourth-order valence-corrected chi connectivity index (χ4v) is 3.00. The smallest absolute Gasteiger partial charge is 0.272 e. The van der Waals surface area contributed by atoms with E-state index in [0.29, 0.717) is 11.6 Å². The number of ether oxygens (including phenoxy) is 1. The molecule has 0 aliphatic heterocycles. The largest absolute Gasteiger partial charge is 0.488 e. The van der Waals surface area contributed by atoms with Gasteiger partial charge in [0.15, 0.2) is 0 Å². The van der Waals surface area contributed by atoms with Crippen molar-refractivity contribution in [3.8, 4) is 5.75 Å². The Balaban J connectivity index is 1.67. The van der Waals surface area contributed by atoms with Crippen molar-refractivity contribution in [3.63, 3.8) is 0 Å². The zero-order chi connectivity index (χ0) is 21.0. The summed E-state index contributed by atoms with van der Waals surface area (Å²) in [7, 11) is 0. The van der Waals surface area contributed by atoms with E-state index in [2.05, 4.69) is 15.3 Å². The van der Waals surface area contributed by atoms with Crippen LogP contribution in [0.1, 0.15) is 53.2 Å². The first-order valence-corrected chi connectivity index (χ1v) is 9.50. The Kier molecular flexibility index (Phi) is 6.51. The van der Waals surface area contributed by atoms with E-state index in [1.807, 2.05) is 6.92 Å². The molecule has 2 aromatic rings. The number of carbonyl (C=O) groups excluding carboxylic acids is 2. The summed E-state index contributed by atoms with van der Waals surface area (Å²) in [5, 5.41) is 2.84. The number of nitrogens with one attached hydrogen (secondary N) is 1. The maximum absolute atomic E-state index is 12.6. The first kappa shape index (κ1) is 20.8. The number of aryl methyl sites for hydroxylation is 1. The molecule has 1 saturated carbocycles. The molecule has 1 fully saturated rings. The number of benzene rings is 1. The summed E-state index contributed by atoms with van der Waals surface area (Å²) in [6.07, 6.45) is 0.859. The highest BCUT2D eigenvalue weighted by molar-refractivity contribution is 5.92. The van der Waals surface area contributed by atoms with Crippen molar-refractivity contribution in [1.82, 2.24) is 15.3 Å². The van der Waals surface area contributed by atoms with Gasteiger partial charge in [0.2, 0.25) is 0 Å². The standard InChI is InChI=1S/C21H23F2N3O3/c1-12-3-6-15(29-11-19(22)23)9-16(12)13(2)25-21(28)17-7-8-24-20(26-17)10-18(27)14-4-5-14/h3,6-9,13-14,19H,4-5,10-11H2,1-2H3,(H,25,28). The van der Waals surface area contributed by atoms with Crippen LogP contribution < -0.4 is 10.1 Å². The zero-order valence-corrected chi connectivity index (χ0v) is 16.3. The molecule has 1 aliphatic rings. The van der Waals surface area contributed by atoms with Gasteiger partial charge in [0, 0.05) is 12.1 Å². The Morgan fingerprint density at radius 1 is 1.28 bits per heavy atom. The molecule has 0 bridgehead atoms. The van der Waals surface area contributed by atoms with Crippen molar-refractivity contribution >= 4 is 11.7 Å². The van der Waals surface area contributed by atoms with E-state index in [0.717, 1.165) is 24.0 Å². The van der Waals surface area contributed by atoms with Crippen LogP contribution in [0.4, 0.5) is 8.78 Å². The molecule has 1 unspecified atom stereocenters. The number of carbonyl (C=O) groups is 2. The van der Waals surface area contributed by atoms with Crippen LogP contribution in [0.25, 0.3) is 0 Å². The van der Waals surface area contributed by atoms with Crippen molar-refractivity contribution in [2.45, 2.75) is 45.6 Å². The minimum absolute atomic E-state index is 0.104. The van der Waals surface area contributed by atoms with Crippen LogP contribution in [0.3, 0.4) is 0 Å². The Morgan fingerprint density at radius 3 is 2.72 bits per heavy atom. The predicted octanol–water partition coefficient (Wildman–Crippen LogP) is 3.44. The summed E-state index contributed by atoms with van der Waals surface area (Å²) in [5.74, 6) is 0.458. The number of ketones is 1. The third kappa shape index (κ3) is 5.79. The summed E-state index contributed by atoms with van der Waals surface area (Å²) in [6.45, 7) is 2.96. The summed E-state index contributed by atoms with van der Waals surface area (Å²) in [6, 6.07) is 6.10. The van der Waals surface area contributed by atoms with E-state index in [9.17, 15) is 18.4 Å². The average molecular weight is 403 g/mol. The van der Waals surface area contributed by atoms with E-state index < -0.39 is 25.0 Å². The third-order valence-electron chi connectivity index (χ3n) is 4.74. The van der Waals surface area contributed by atoms with Gasteiger partial charge in [-0.1, -0.05) is 6.07 Å². The molecule has 154 valence electrons. The quantitative estimate of drug-likeness (QED) is 0.694. The molecular formula is C21H23F2N3O3. The first-order valence-electron chi connectivity index (χ1n) is 9.50. The summed E-state index contributed by atoms with van der Waals surface area (Å²) in [4.78, 5) is 32.8. The van der Waals surface area contributed by atoms with Gasteiger partial charge in [-0.2, -0.15) is 0 Å². The van der Waals surface area contributed by atoms with E-state index in [1.165, 1.54) is 12.3 Å². The van der Waals surface area contributed by atoms with E-state index in [4.69, 9.17) is 4.74 Å². The van der Waals surface area contributed by atoms with Gasteiger partial charge in [-0.05, 0) is 56.0 Å². The highest BCUT2D eigenvalue weighted by Crippen LogP contribution is 2.30. The summed E-state index contributed by atoms with van der Waals surface area (Å²) in [5.41, 5.74) is 1.82. The van der Waals surface area contributed by atoms with Crippen LogP contribution in [-0.4, -0.2) is 34.7 Å². The Labute approximate surface area is 167 Å². The summed E-state index contributed by atoms with van der Waals surface area (Å²) < 4.78 is 29.8. The Bertz CT molecular complexity index is 900. The van der Waals surface area contributed by atoms with Crippen molar-refractivity contribution in [2.75, 3.05) is 6.61 Å². The number of amides is 1. The van der Waals surface area contributed by atoms with Crippen molar-refractivity contribution in [3.05, 3.63) is 53.1 Å². The number of hydrogen-bond donors (Lipinski definition) is 1. The minimum atomic E-state index is -2.56. The van der Waals surface area contributed by atoms with Gasteiger partial charge in [-0.25, -0.2) is 18.7 Å². The number of hydrogen-bond acceptors (Lipinski definition) is 5. The van der Waals surface area contributed by atoms with Gasteiger partial charge >= 0.3 is 0 Å². The fourth-order valence-electron chi connectivity index (χ4n) is 3.00. The third-order valence-corrected chi connectivity index (χ3v) is 4.74. The SMILES string of the molecule is Cc1ccc(OCC(F)F)cc1C(C)NC(=O)c1ccnc(CC(=O)C2CC2)n1. The molecule has 1 atom stereocenters. The topological polar surface area (TPSA) is 81.2 Å². The lowest BCUT2D eigenvalue weighted by molar-refractivity contribution is -0.119. The molecule has 0 spiro atoms. The van der Waals surface area contributed by atoms with E-state index in [1.54, 1.807) is 25.1 Å². The molecule has 1 heterocycles. The number of nitrogens with zero attached hydrogens (tertiary/aromatic N) is 2. The molecule has 0 radical (unpaired) electrons. The normalized spacial score (nSPS) is 14.5. The first-order chi connectivity index (χ1) is 13.8. The predicted molar refractivity (Wildman–Crippen MR) is 102 cm³/mol. The molecule has 1 amide bonds. The van der Waals surface area contributed by atoms with Crippen LogP contribution in [0.5, 0.6) is 5.75 Å². The minimum Gasteiger partial charge on any atom is -0.488 e. The van der Waals surface area contributed by atoms with Gasteiger partial charge in [-0.15, -0.1) is 0 Å². The second kappa shape index (κ2) is 9.07.